The van der Waals surface area contributed by atoms with Gasteiger partial charge in [0.2, 0.25) is 0 Å². The number of benzene rings is 2. The van der Waals surface area contributed by atoms with Gasteiger partial charge >= 0.3 is 5.69 Å². The average molecular weight is 432 g/mol. The number of imidazole rings is 1. The molecule has 1 saturated heterocycles. The summed E-state index contributed by atoms with van der Waals surface area (Å²) in [4.78, 5) is 33.0. The van der Waals surface area contributed by atoms with Gasteiger partial charge in [0.15, 0.2) is 11.2 Å². The fourth-order valence-corrected chi connectivity index (χ4v) is 4.80. The van der Waals surface area contributed by atoms with Crippen molar-refractivity contribution in [2.45, 2.75) is 32.9 Å². The van der Waals surface area contributed by atoms with Crippen LogP contribution in [0.2, 0.25) is 0 Å². The molecule has 32 heavy (non-hydrogen) atoms. The first-order chi connectivity index (χ1) is 15.4. The van der Waals surface area contributed by atoms with E-state index in [1.54, 1.807) is 7.05 Å². The Morgan fingerprint density at radius 1 is 0.938 bits per heavy atom. The minimum absolute atomic E-state index is 0.297. The van der Waals surface area contributed by atoms with Gasteiger partial charge in [-0.15, -0.1) is 0 Å². The Labute approximate surface area is 186 Å². The molecule has 7 nitrogen and oxygen atoms in total. The van der Waals surface area contributed by atoms with Crippen molar-refractivity contribution < 1.29 is 0 Å². The van der Waals surface area contributed by atoms with E-state index >= 15 is 0 Å². The Morgan fingerprint density at radius 2 is 1.66 bits per heavy atom. The fourth-order valence-electron chi connectivity index (χ4n) is 4.80. The second kappa shape index (κ2) is 8.06. The largest absolute Gasteiger partial charge is 0.332 e. The maximum absolute atomic E-state index is 13.2. The van der Waals surface area contributed by atoms with Crippen LogP contribution in [0.5, 0.6) is 0 Å². The first kappa shape index (κ1) is 20.7. The topological polar surface area (TPSA) is 65.1 Å². The lowest BCUT2D eigenvalue weighted by Gasteiger charge is -2.29. The second-order valence-corrected chi connectivity index (χ2v) is 9.09. The lowest BCUT2D eigenvalue weighted by atomic mass is 9.99. The number of hydrogen-bond donors (Lipinski definition) is 0. The molecule has 2 aromatic heterocycles. The number of nitrogens with zero attached hydrogens (tertiary/aromatic N) is 5. The van der Waals surface area contributed by atoms with Crippen LogP contribution in [0, 0.1) is 5.92 Å². The van der Waals surface area contributed by atoms with E-state index in [9.17, 15) is 9.59 Å². The highest BCUT2D eigenvalue weighted by molar-refractivity contribution is 5.85. The molecular weight excluding hydrogens is 402 g/mol. The molecule has 0 N–H and O–H groups in total. The predicted octanol–water partition coefficient (Wildman–Crippen LogP) is 2.87. The zero-order valence-electron chi connectivity index (χ0n) is 18.9. The highest BCUT2D eigenvalue weighted by Crippen LogP contribution is 2.23. The fraction of sp³-hybridized carbons (Fsp3) is 0.400. The van der Waals surface area contributed by atoms with Crippen molar-refractivity contribution in [3.63, 3.8) is 0 Å². The van der Waals surface area contributed by atoms with Crippen LogP contribution in [0.1, 0.15) is 31.2 Å². The van der Waals surface area contributed by atoms with Gasteiger partial charge < -0.3 is 4.57 Å². The molecule has 5 rings (SSSR count). The normalized spacial score (nSPS) is 15.7. The summed E-state index contributed by atoms with van der Waals surface area (Å²) in [6.45, 7) is 5.55. The van der Waals surface area contributed by atoms with Gasteiger partial charge in [0.25, 0.3) is 5.56 Å². The summed E-state index contributed by atoms with van der Waals surface area (Å²) in [5.74, 6) is 1.58. The van der Waals surface area contributed by atoms with Crippen LogP contribution in [-0.4, -0.2) is 36.7 Å². The van der Waals surface area contributed by atoms with Crippen molar-refractivity contribution in [3.8, 4) is 0 Å². The van der Waals surface area contributed by atoms with Gasteiger partial charge in [0.1, 0.15) is 5.82 Å². The summed E-state index contributed by atoms with van der Waals surface area (Å²) in [6, 6.07) is 14.5. The second-order valence-electron chi connectivity index (χ2n) is 9.09. The van der Waals surface area contributed by atoms with E-state index in [2.05, 4.69) is 42.2 Å². The number of piperidine rings is 1. The highest BCUT2D eigenvalue weighted by Gasteiger charge is 2.23. The molecule has 0 atom stereocenters. The molecule has 1 aliphatic rings. The van der Waals surface area contributed by atoms with E-state index in [0.29, 0.717) is 24.3 Å². The van der Waals surface area contributed by atoms with Gasteiger partial charge in [0.05, 0.1) is 13.1 Å². The average Bonchev–Trinajstić information content (AvgIpc) is 3.16. The summed E-state index contributed by atoms with van der Waals surface area (Å²) in [5, 5.41) is 2.33. The third-order valence-corrected chi connectivity index (χ3v) is 6.88. The number of likely N-dealkylation sites (tertiary alicyclic amines) is 1. The third-order valence-electron chi connectivity index (χ3n) is 6.88. The van der Waals surface area contributed by atoms with E-state index < -0.39 is 0 Å². The van der Waals surface area contributed by atoms with E-state index in [0.717, 1.165) is 35.8 Å². The monoisotopic (exact) mass is 431 g/mol. The molecule has 4 aromatic rings. The van der Waals surface area contributed by atoms with E-state index in [1.807, 2.05) is 16.7 Å². The lowest BCUT2D eigenvalue weighted by Crippen LogP contribution is -2.37. The third kappa shape index (κ3) is 3.46. The van der Waals surface area contributed by atoms with Crippen LogP contribution >= 0.6 is 0 Å². The van der Waals surface area contributed by atoms with Crippen molar-refractivity contribution in [2.24, 2.45) is 20.0 Å². The van der Waals surface area contributed by atoms with Crippen LogP contribution in [0.3, 0.4) is 0 Å². The van der Waals surface area contributed by atoms with Crippen LogP contribution in [0.25, 0.3) is 21.9 Å². The molecule has 0 saturated carbocycles. The van der Waals surface area contributed by atoms with Gasteiger partial charge in [-0.1, -0.05) is 49.4 Å². The standard InChI is InChI=1S/C25H29N5O2/c1-17-11-13-29(14-12-17)16-21-26-23-22(24(31)28(3)25(32)27(23)2)30(21)15-19-9-6-8-18-7-4-5-10-20(18)19/h4-10,17H,11-16H2,1-3H3. The summed E-state index contributed by atoms with van der Waals surface area (Å²) < 4.78 is 4.69. The van der Waals surface area contributed by atoms with E-state index in [-0.39, 0.29) is 11.2 Å². The Bertz CT molecular complexity index is 1420. The van der Waals surface area contributed by atoms with Gasteiger partial charge in [-0.2, -0.15) is 0 Å². The van der Waals surface area contributed by atoms with Crippen LogP contribution in [0.15, 0.2) is 52.1 Å². The van der Waals surface area contributed by atoms with Gasteiger partial charge in [0, 0.05) is 14.1 Å². The molecule has 0 radical (unpaired) electrons. The summed E-state index contributed by atoms with van der Waals surface area (Å²) in [7, 11) is 3.22. The molecule has 0 bridgehead atoms. The quantitative estimate of drug-likeness (QED) is 0.498. The minimum Gasteiger partial charge on any atom is -0.317 e. The Balaban J connectivity index is 1.68. The van der Waals surface area contributed by atoms with Gasteiger partial charge in [-0.25, -0.2) is 9.78 Å². The van der Waals surface area contributed by atoms with Crippen LogP contribution < -0.4 is 11.2 Å². The van der Waals surface area contributed by atoms with Crippen molar-refractivity contribution in [1.29, 1.82) is 0 Å². The zero-order chi connectivity index (χ0) is 22.4. The summed E-state index contributed by atoms with van der Waals surface area (Å²) in [6.07, 6.45) is 2.34. The van der Waals surface area contributed by atoms with Crippen molar-refractivity contribution in [3.05, 3.63) is 74.7 Å². The molecule has 1 fully saturated rings. The Morgan fingerprint density at radius 3 is 2.44 bits per heavy atom. The SMILES string of the molecule is CC1CCN(Cc2nc3c(c(=O)n(C)c(=O)n3C)n2Cc2cccc3ccccc23)CC1. The number of aromatic nitrogens is 4. The van der Waals surface area contributed by atoms with E-state index in [1.165, 1.54) is 34.4 Å². The first-order valence-electron chi connectivity index (χ1n) is 11.3. The van der Waals surface area contributed by atoms with E-state index in [4.69, 9.17) is 4.98 Å². The molecule has 7 heteroatoms. The van der Waals surface area contributed by atoms with Crippen molar-refractivity contribution in [1.82, 2.24) is 23.6 Å². The molecule has 3 heterocycles. The first-order valence-corrected chi connectivity index (χ1v) is 11.3. The summed E-state index contributed by atoms with van der Waals surface area (Å²) in [5.41, 5.74) is 1.43. The molecule has 0 spiro atoms. The molecular formula is C25H29N5O2. The molecule has 1 aliphatic heterocycles. The number of fused-ring (bicyclic) bond motifs is 2. The van der Waals surface area contributed by atoms with Gasteiger partial charge in [-0.3, -0.25) is 18.8 Å². The lowest BCUT2D eigenvalue weighted by molar-refractivity contribution is 0.180. The molecule has 0 aliphatic carbocycles. The zero-order valence-corrected chi connectivity index (χ0v) is 18.9. The highest BCUT2D eigenvalue weighted by atomic mass is 16.2. The van der Waals surface area contributed by atoms with Crippen molar-refractivity contribution >= 4 is 21.9 Å². The minimum atomic E-state index is -0.351. The van der Waals surface area contributed by atoms with Gasteiger partial charge in [-0.05, 0) is 48.2 Å². The molecule has 0 unspecified atom stereocenters. The Hall–Kier alpha value is -3.19. The molecule has 166 valence electrons. The summed E-state index contributed by atoms with van der Waals surface area (Å²) >= 11 is 0. The smallest absolute Gasteiger partial charge is 0.317 e. The maximum Gasteiger partial charge on any atom is 0.332 e. The number of aryl methyl sites for hydroxylation is 1. The van der Waals surface area contributed by atoms with Crippen LogP contribution in [-0.2, 0) is 27.2 Å². The number of rotatable bonds is 4. The Kier molecular flexibility index (Phi) is 5.21. The van der Waals surface area contributed by atoms with Crippen molar-refractivity contribution in [2.75, 3.05) is 13.1 Å². The predicted molar refractivity (Wildman–Crippen MR) is 127 cm³/mol. The number of hydrogen-bond acceptors (Lipinski definition) is 4. The molecule has 2 aromatic carbocycles. The molecule has 0 amide bonds. The van der Waals surface area contributed by atoms with Crippen LogP contribution in [0.4, 0.5) is 0 Å². The maximum atomic E-state index is 13.2.